The molecule has 0 saturated heterocycles. The van der Waals surface area contributed by atoms with Gasteiger partial charge in [0.1, 0.15) is 5.75 Å². The maximum absolute atomic E-state index is 12.6. The molecule has 25 heavy (non-hydrogen) atoms. The van der Waals surface area contributed by atoms with Gasteiger partial charge in [-0.15, -0.1) is 11.8 Å². The van der Waals surface area contributed by atoms with Crippen molar-refractivity contribution in [2.24, 2.45) is 0 Å². The van der Waals surface area contributed by atoms with Gasteiger partial charge >= 0.3 is 0 Å². The summed E-state index contributed by atoms with van der Waals surface area (Å²) < 4.78 is 5.12. The van der Waals surface area contributed by atoms with Crippen LogP contribution in [0.3, 0.4) is 0 Å². The number of nitro groups is 1. The first-order valence-electron chi connectivity index (χ1n) is 7.93. The van der Waals surface area contributed by atoms with Gasteiger partial charge < -0.3 is 9.64 Å². The number of rotatable bonds is 5. The molecule has 0 saturated carbocycles. The van der Waals surface area contributed by atoms with E-state index in [2.05, 4.69) is 0 Å². The van der Waals surface area contributed by atoms with Gasteiger partial charge in [0.05, 0.1) is 17.8 Å². The monoisotopic (exact) mass is 358 g/mol. The Labute approximate surface area is 149 Å². The number of nitrogens with zero attached hydrogens (tertiary/aromatic N) is 2. The number of amides is 1. The summed E-state index contributed by atoms with van der Waals surface area (Å²) in [6, 6.07) is 12.3. The largest absolute Gasteiger partial charge is 0.497 e. The van der Waals surface area contributed by atoms with Crippen molar-refractivity contribution in [2.75, 3.05) is 24.3 Å². The fourth-order valence-corrected chi connectivity index (χ4v) is 3.63. The van der Waals surface area contributed by atoms with Crippen molar-refractivity contribution in [1.82, 2.24) is 0 Å². The van der Waals surface area contributed by atoms with Crippen molar-refractivity contribution in [1.29, 1.82) is 0 Å². The van der Waals surface area contributed by atoms with Crippen LogP contribution in [-0.2, 0) is 11.2 Å². The highest BCUT2D eigenvalue weighted by molar-refractivity contribution is 8.00. The van der Waals surface area contributed by atoms with Crippen LogP contribution in [0.5, 0.6) is 5.75 Å². The van der Waals surface area contributed by atoms with Crippen molar-refractivity contribution in [2.45, 2.75) is 17.7 Å². The van der Waals surface area contributed by atoms with Crippen molar-refractivity contribution in [3.8, 4) is 5.75 Å². The van der Waals surface area contributed by atoms with Gasteiger partial charge in [-0.05, 0) is 48.7 Å². The molecule has 1 heterocycles. The van der Waals surface area contributed by atoms with Crippen molar-refractivity contribution in [3.05, 3.63) is 58.1 Å². The first-order chi connectivity index (χ1) is 12.1. The molecule has 0 aromatic heterocycles. The molecule has 0 spiro atoms. The van der Waals surface area contributed by atoms with E-state index in [0.717, 1.165) is 34.7 Å². The number of aryl methyl sites for hydroxylation is 1. The number of benzene rings is 2. The molecule has 6 nitrogen and oxygen atoms in total. The zero-order chi connectivity index (χ0) is 17.8. The number of thioether (sulfide) groups is 1. The molecular weight excluding hydrogens is 340 g/mol. The quantitative estimate of drug-likeness (QED) is 0.463. The molecular formula is C18H18N2O4S. The van der Waals surface area contributed by atoms with Gasteiger partial charge in [-0.3, -0.25) is 14.9 Å². The Morgan fingerprint density at radius 2 is 2.04 bits per heavy atom. The lowest BCUT2D eigenvalue weighted by atomic mass is 10.0. The molecule has 0 bridgehead atoms. The number of methoxy groups -OCH3 is 1. The molecule has 2 aromatic rings. The summed E-state index contributed by atoms with van der Waals surface area (Å²) in [7, 11) is 1.61. The molecule has 0 radical (unpaired) electrons. The fourth-order valence-electron chi connectivity index (χ4n) is 2.85. The Morgan fingerprint density at radius 1 is 1.28 bits per heavy atom. The first kappa shape index (κ1) is 17.3. The Kier molecular flexibility index (Phi) is 5.23. The van der Waals surface area contributed by atoms with Gasteiger partial charge in [0.15, 0.2) is 0 Å². The first-order valence-corrected chi connectivity index (χ1v) is 8.91. The molecule has 130 valence electrons. The molecule has 7 heteroatoms. The summed E-state index contributed by atoms with van der Waals surface area (Å²) in [6.07, 6.45) is 1.57. The Morgan fingerprint density at radius 3 is 2.72 bits per heavy atom. The van der Waals surface area contributed by atoms with E-state index in [1.165, 1.54) is 17.8 Å². The van der Waals surface area contributed by atoms with Gasteiger partial charge in [0.2, 0.25) is 5.91 Å². The number of hydrogen-bond donors (Lipinski definition) is 0. The number of non-ortho nitro benzene ring substituents is 1. The minimum absolute atomic E-state index is 0.00983. The molecule has 0 N–H and O–H groups in total. The Hall–Kier alpha value is -2.54. The number of anilines is 1. The summed E-state index contributed by atoms with van der Waals surface area (Å²) in [5, 5.41) is 10.9. The zero-order valence-electron chi connectivity index (χ0n) is 13.8. The minimum Gasteiger partial charge on any atom is -0.497 e. The molecule has 1 aliphatic rings. The maximum atomic E-state index is 12.6. The normalized spacial score (nSPS) is 13.2. The van der Waals surface area contributed by atoms with E-state index in [-0.39, 0.29) is 11.6 Å². The predicted molar refractivity (Wildman–Crippen MR) is 97.5 cm³/mol. The topological polar surface area (TPSA) is 72.7 Å². The highest BCUT2D eigenvalue weighted by atomic mass is 32.2. The fraction of sp³-hybridized carbons (Fsp3) is 0.278. The molecule has 0 unspecified atom stereocenters. The second-order valence-electron chi connectivity index (χ2n) is 5.68. The third kappa shape index (κ3) is 3.93. The van der Waals surface area contributed by atoms with Crippen LogP contribution in [-0.4, -0.2) is 30.2 Å². The van der Waals surface area contributed by atoms with Crippen molar-refractivity contribution in [3.63, 3.8) is 0 Å². The number of carbonyl (C=O) groups is 1. The zero-order valence-corrected chi connectivity index (χ0v) is 14.6. The maximum Gasteiger partial charge on any atom is 0.269 e. The SMILES string of the molecule is COc1ccc(SCC(=O)N2CCCc3cc([N+](=O)[O-])ccc32)cc1. The van der Waals surface area contributed by atoms with E-state index in [1.54, 1.807) is 24.1 Å². The van der Waals surface area contributed by atoms with Gasteiger partial charge in [0, 0.05) is 29.3 Å². The van der Waals surface area contributed by atoms with E-state index in [1.807, 2.05) is 24.3 Å². The number of hydrogen-bond acceptors (Lipinski definition) is 5. The molecule has 0 fully saturated rings. The van der Waals surface area contributed by atoms with Crippen LogP contribution in [0.1, 0.15) is 12.0 Å². The van der Waals surface area contributed by atoms with Crippen LogP contribution in [0.4, 0.5) is 11.4 Å². The Bertz CT molecular complexity index is 792. The number of fused-ring (bicyclic) bond motifs is 1. The summed E-state index contributed by atoms with van der Waals surface area (Å²) in [5.74, 6) is 1.11. The van der Waals surface area contributed by atoms with E-state index in [4.69, 9.17) is 4.74 Å². The van der Waals surface area contributed by atoms with E-state index >= 15 is 0 Å². The molecule has 0 aliphatic carbocycles. The van der Waals surface area contributed by atoms with Crippen molar-refractivity contribution >= 4 is 29.0 Å². The van der Waals surface area contributed by atoms with Gasteiger partial charge in [-0.2, -0.15) is 0 Å². The summed E-state index contributed by atoms with van der Waals surface area (Å²) in [5.41, 5.74) is 1.72. The average molecular weight is 358 g/mol. The predicted octanol–water partition coefficient (Wildman–Crippen LogP) is 3.67. The summed E-state index contributed by atoms with van der Waals surface area (Å²) in [4.78, 5) is 25.9. The lowest BCUT2D eigenvalue weighted by Crippen LogP contribution is -2.36. The molecule has 1 aliphatic heterocycles. The molecule has 1 amide bonds. The lowest BCUT2D eigenvalue weighted by Gasteiger charge is -2.29. The standard InChI is InChI=1S/C18H18N2O4S/c1-24-15-5-7-16(8-6-15)25-12-18(21)19-10-2-3-13-11-14(20(22)23)4-9-17(13)19/h4-9,11H,2-3,10,12H2,1H3. The lowest BCUT2D eigenvalue weighted by molar-refractivity contribution is -0.384. The molecule has 2 aromatic carbocycles. The number of nitro benzene ring substituents is 1. The van der Waals surface area contributed by atoms with E-state index in [0.29, 0.717) is 12.3 Å². The third-order valence-corrected chi connectivity index (χ3v) is 5.11. The van der Waals surface area contributed by atoms with Crippen molar-refractivity contribution < 1.29 is 14.5 Å². The van der Waals surface area contributed by atoms with E-state index < -0.39 is 4.92 Å². The second-order valence-corrected chi connectivity index (χ2v) is 6.73. The summed E-state index contributed by atoms with van der Waals surface area (Å²) in [6.45, 7) is 0.646. The van der Waals surface area contributed by atoms with E-state index in [9.17, 15) is 14.9 Å². The van der Waals surface area contributed by atoms with Crippen LogP contribution < -0.4 is 9.64 Å². The highest BCUT2D eigenvalue weighted by Crippen LogP contribution is 2.31. The Balaban J connectivity index is 1.69. The average Bonchev–Trinajstić information content (AvgIpc) is 2.65. The van der Waals surface area contributed by atoms with Crippen LogP contribution in [0, 0.1) is 10.1 Å². The third-order valence-electron chi connectivity index (χ3n) is 4.12. The molecule has 3 rings (SSSR count). The van der Waals surface area contributed by atoms with Crippen LogP contribution in [0.2, 0.25) is 0 Å². The van der Waals surface area contributed by atoms with Gasteiger partial charge in [-0.1, -0.05) is 0 Å². The highest BCUT2D eigenvalue weighted by Gasteiger charge is 2.24. The minimum atomic E-state index is -0.402. The van der Waals surface area contributed by atoms with Crippen LogP contribution in [0.15, 0.2) is 47.4 Å². The number of carbonyl (C=O) groups excluding carboxylic acids is 1. The number of ether oxygens (including phenoxy) is 1. The van der Waals surface area contributed by atoms with Gasteiger partial charge in [-0.25, -0.2) is 0 Å². The van der Waals surface area contributed by atoms with Crippen LogP contribution in [0.25, 0.3) is 0 Å². The smallest absolute Gasteiger partial charge is 0.269 e. The van der Waals surface area contributed by atoms with Crippen LogP contribution >= 0.6 is 11.8 Å². The second kappa shape index (κ2) is 7.57. The van der Waals surface area contributed by atoms with Gasteiger partial charge in [0.25, 0.3) is 5.69 Å². The molecule has 0 atom stereocenters. The summed E-state index contributed by atoms with van der Waals surface area (Å²) >= 11 is 1.47.